The molecule has 0 saturated carbocycles. The van der Waals surface area contributed by atoms with E-state index in [1.165, 1.54) is 24.3 Å². The maximum Gasteiger partial charge on any atom is 0.335 e. The average molecular weight is 416 g/mol. The second kappa shape index (κ2) is 6.88. The van der Waals surface area contributed by atoms with Gasteiger partial charge < -0.3 is 15.6 Å². The van der Waals surface area contributed by atoms with E-state index < -0.39 is 21.6 Å². The van der Waals surface area contributed by atoms with Gasteiger partial charge in [-0.05, 0) is 63.4 Å². The largest absolute Gasteiger partial charge is 0.487 e. The summed E-state index contributed by atoms with van der Waals surface area (Å²) in [7, 11) is -4.09. The van der Waals surface area contributed by atoms with Crippen LogP contribution in [-0.4, -0.2) is 30.9 Å². The topological polar surface area (TPSA) is 119 Å². The second-order valence-electron chi connectivity index (χ2n) is 7.88. The van der Waals surface area contributed by atoms with Gasteiger partial charge in [-0.1, -0.05) is 12.1 Å². The van der Waals surface area contributed by atoms with Gasteiger partial charge in [0.15, 0.2) is 0 Å². The summed E-state index contributed by atoms with van der Waals surface area (Å²) in [5, 5.41) is 8.98. The highest BCUT2D eigenvalue weighted by atomic mass is 32.2. The summed E-state index contributed by atoms with van der Waals surface area (Å²) in [6.07, 6.45) is 0.605. The number of carboxylic acid groups (broad SMARTS) is 1. The lowest BCUT2D eigenvalue weighted by atomic mass is 9.94. The molecule has 3 rings (SSSR count). The monoisotopic (exact) mass is 416 g/mol. The van der Waals surface area contributed by atoms with Crippen LogP contribution in [0.3, 0.4) is 0 Å². The van der Waals surface area contributed by atoms with Gasteiger partial charge in [0.2, 0.25) is 0 Å². The number of fused-ring (bicyclic) bond motifs is 1. The van der Waals surface area contributed by atoms with Gasteiger partial charge in [-0.25, -0.2) is 4.79 Å². The number of nitrogens with zero attached hydrogens (tertiary/aromatic N) is 1. The smallest absolute Gasteiger partial charge is 0.335 e. The first-order valence-electron chi connectivity index (χ1n) is 9.10. The fraction of sp³-hybridized carbons (Fsp3) is 0.333. The van der Waals surface area contributed by atoms with Gasteiger partial charge in [0.1, 0.15) is 17.2 Å². The van der Waals surface area contributed by atoms with Crippen LogP contribution in [0.2, 0.25) is 0 Å². The zero-order valence-corrected chi connectivity index (χ0v) is 17.8. The van der Waals surface area contributed by atoms with Crippen LogP contribution in [0, 0.1) is 20.8 Å². The maximum atomic E-state index is 13.1. The van der Waals surface area contributed by atoms with Crippen LogP contribution < -0.4 is 10.5 Å². The van der Waals surface area contributed by atoms with Crippen molar-refractivity contribution < 1.29 is 23.1 Å². The van der Waals surface area contributed by atoms with Crippen molar-refractivity contribution in [2.45, 2.75) is 51.5 Å². The molecule has 0 saturated heterocycles. The number of rotatable bonds is 4. The third kappa shape index (κ3) is 3.72. The number of carbonyl (C=O) groups is 1. The number of aromatic carboxylic acids is 1. The minimum Gasteiger partial charge on any atom is -0.487 e. The van der Waals surface area contributed by atoms with E-state index in [9.17, 15) is 13.2 Å². The number of ether oxygens (including phenoxy) is 1. The molecule has 2 aromatic rings. The molecule has 0 fully saturated rings. The van der Waals surface area contributed by atoms with E-state index in [2.05, 4.69) is 4.40 Å². The molecule has 0 amide bonds. The Morgan fingerprint density at radius 1 is 1.07 bits per heavy atom. The van der Waals surface area contributed by atoms with E-state index in [0.717, 1.165) is 16.9 Å². The van der Waals surface area contributed by atoms with Crippen LogP contribution in [0.1, 0.15) is 52.0 Å². The third-order valence-electron chi connectivity index (χ3n) is 5.20. The Labute approximate surface area is 170 Å². The van der Waals surface area contributed by atoms with Crippen molar-refractivity contribution in [2.24, 2.45) is 10.1 Å². The van der Waals surface area contributed by atoms with Crippen LogP contribution in [0.15, 0.2) is 33.6 Å². The highest BCUT2D eigenvalue weighted by Crippen LogP contribution is 2.44. The molecule has 29 heavy (non-hydrogen) atoms. The minimum atomic E-state index is -4.09. The number of hydrogen-bond acceptors (Lipinski definition) is 4. The van der Waals surface area contributed by atoms with Gasteiger partial charge in [0.05, 0.1) is 10.5 Å². The zero-order valence-electron chi connectivity index (χ0n) is 17.0. The molecule has 2 aromatic carbocycles. The van der Waals surface area contributed by atoms with Gasteiger partial charge >= 0.3 is 5.97 Å². The molecule has 0 unspecified atom stereocenters. The van der Waals surface area contributed by atoms with Crippen LogP contribution in [0.4, 0.5) is 0 Å². The van der Waals surface area contributed by atoms with Crippen LogP contribution >= 0.6 is 0 Å². The Kier molecular flexibility index (Phi) is 4.94. The molecule has 7 nitrogen and oxygen atoms in total. The normalized spacial score (nSPS) is 15.7. The molecule has 1 heterocycles. The van der Waals surface area contributed by atoms with Gasteiger partial charge in [-0.15, -0.1) is 4.40 Å². The van der Waals surface area contributed by atoms with Gasteiger partial charge in [0, 0.05) is 17.5 Å². The molecule has 0 bridgehead atoms. The Hall–Kier alpha value is -2.87. The molecule has 8 heteroatoms. The summed E-state index contributed by atoms with van der Waals surface area (Å²) in [6.45, 7) is 9.26. The van der Waals surface area contributed by atoms with Crippen molar-refractivity contribution in [1.82, 2.24) is 0 Å². The maximum absolute atomic E-state index is 13.1. The Morgan fingerprint density at radius 2 is 1.62 bits per heavy atom. The molecule has 0 radical (unpaired) electrons. The molecule has 1 aliphatic heterocycles. The van der Waals surface area contributed by atoms with Crippen LogP contribution in [0.25, 0.3) is 0 Å². The number of benzene rings is 2. The summed E-state index contributed by atoms with van der Waals surface area (Å²) in [5.74, 6) is -0.537. The van der Waals surface area contributed by atoms with Gasteiger partial charge in [-0.2, -0.15) is 8.42 Å². The number of sulfonamides is 1. The Balaban J connectivity index is 2.10. The number of nitrogens with two attached hydrogens (primary N) is 1. The van der Waals surface area contributed by atoms with Crippen molar-refractivity contribution >= 4 is 21.8 Å². The molecule has 0 spiro atoms. The van der Waals surface area contributed by atoms with Crippen molar-refractivity contribution in [3.8, 4) is 5.75 Å². The van der Waals surface area contributed by atoms with Crippen molar-refractivity contribution in [2.75, 3.05) is 0 Å². The molecule has 0 atom stereocenters. The van der Waals surface area contributed by atoms with Crippen LogP contribution in [-0.2, 0) is 16.4 Å². The lowest BCUT2D eigenvalue weighted by Gasteiger charge is -2.18. The predicted octanol–water partition coefficient (Wildman–Crippen LogP) is 3.12. The van der Waals surface area contributed by atoms with E-state index in [0.29, 0.717) is 23.1 Å². The summed E-state index contributed by atoms with van der Waals surface area (Å²) in [6, 6.07) is 5.56. The molecular formula is C21H24N2O5S. The summed E-state index contributed by atoms with van der Waals surface area (Å²) < 4.78 is 36.1. The standard InChI is InChI=1S/C21H24N2O5S/c1-11-12(2)18(13(3)16-10-21(4,5)28-17(11)16)29(26,27)23-19(22)14-6-8-15(9-7-14)20(24)25/h6-9H,10H2,1-5H3,(H2,22,23)(H,24,25). The predicted molar refractivity (Wildman–Crippen MR) is 110 cm³/mol. The van der Waals surface area contributed by atoms with Crippen molar-refractivity contribution in [1.29, 1.82) is 0 Å². The molecule has 3 N–H and O–H groups in total. The highest BCUT2D eigenvalue weighted by molar-refractivity contribution is 7.90. The number of hydrogen-bond donors (Lipinski definition) is 2. The zero-order chi connectivity index (χ0) is 21.7. The number of carboxylic acids is 1. The van der Waals surface area contributed by atoms with Gasteiger partial charge in [0.25, 0.3) is 10.0 Å². The number of amidine groups is 1. The van der Waals surface area contributed by atoms with Crippen molar-refractivity contribution in [3.05, 3.63) is 57.6 Å². The summed E-state index contributed by atoms with van der Waals surface area (Å²) in [4.78, 5) is 11.1. The van der Waals surface area contributed by atoms with E-state index in [1.807, 2.05) is 20.8 Å². The molecule has 0 aromatic heterocycles. The van der Waals surface area contributed by atoms with Crippen LogP contribution in [0.5, 0.6) is 5.75 Å². The van der Waals surface area contributed by atoms with E-state index in [4.69, 9.17) is 15.6 Å². The molecular weight excluding hydrogens is 392 g/mol. The Bertz CT molecular complexity index is 1150. The van der Waals surface area contributed by atoms with E-state index in [-0.39, 0.29) is 16.3 Å². The third-order valence-corrected chi connectivity index (χ3v) is 6.76. The summed E-state index contributed by atoms with van der Waals surface area (Å²) >= 11 is 0. The first kappa shape index (κ1) is 20.9. The second-order valence-corrected chi connectivity index (χ2v) is 9.43. The quantitative estimate of drug-likeness (QED) is 0.584. The molecule has 154 valence electrons. The van der Waals surface area contributed by atoms with E-state index >= 15 is 0 Å². The molecule has 0 aliphatic carbocycles. The van der Waals surface area contributed by atoms with Crippen molar-refractivity contribution in [3.63, 3.8) is 0 Å². The summed E-state index contributed by atoms with van der Waals surface area (Å²) in [5.41, 5.74) is 8.78. The SMILES string of the molecule is Cc1c(C)c(S(=O)(=O)N=C(N)c2ccc(C(=O)O)cc2)c(C)c2c1OC(C)(C)C2. The molecule has 1 aliphatic rings. The average Bonchev–Trinajstić information content (AvgIpc) is 2.95. The first-order valence-corrected chi connectivity index (χ1v) is 10.5. The van der Waals surface area contributed by atoms with Gasteiger partial charge in [-0.3, -0.25) is 0 Å². The Morgan fingerprint density at radius 3 is 2.17 bits per heavy atom. The lowest BCUT2D eigenvalue weighted by molar-refractivity contribution is 0.0697. The minimum absolute atomic E-state index is 0.0768. The van der Waals surface area contributed by atoms with E-state index in [1.54, 1.807) is 13.8 Å². The fourth-order valence-electron chi connectivity index (χ4n) is 3.64. The lowest BCUT2D eigenvalue weighted by Crippen LogP contribution is -2.24. The first-order chi connectivity index (χ1) is 13.3. The fourth-order valence-corrected chi connectivity index (χ4v) is 5.15. The highest BCUT2D eigenvalue weighted by Gasteiger charge is 2.36.